The Labute approximate surface area is 200 Å². The lowest BCUT2D eigenvalue weighted by Gasteiger charge is -2.16. The SMILES string of the molecule is C=CCn1c(SCC(=O)Nc2cc(C)cc(C)c2)nnc1C(C)Oc1ccc(C(C)C)cc1. The van der Waals surface area contributed by atoms with Gasteiger partial charge in [-0.15, -0.1) is 16.8 Å². The van der Waals surface area contributed by atoms with E-state index in [1.807, 2.05) is 49.6 Å². The maximum Gasteiger partial charge on any atom is 0.234 e. The monoisotopic (exact) mass is 464 g/mol. The molecule has 0 aliphatic carbocycles. The number of hydrogen-bond acceptors (Lipinski definition) is 5. The summed E-state index contributed by atoms with van der Waals surface area (Å²) >= 11 is 1.35. The first-order valence-corrected chi connectivity index (χ1v) is 12.1. The molecule has 0 saturated carbocycles. The second kappa shape index (κ2) is 11.2. The molecule has 3 aromatic rings. The van der Waals surface area contributed by atoms with Gasteiger partial charge in [-0.05, 0) is 67.6 Å². The van der Waals surface area contributed by atoms with Crippen LogP contribution in [0, 0.1) is 13.8 Å². The fourth-order valence-electron chi connectivity index (χ4n) is 3.57. The van der Waals surface area contributed by atoms with Crippen molar-refractivity contribution in [3.63, 3.8) is 0 Å². The number of allylic oxidation sites excluding steroid dienone is 1. The van der Waals surface area contributed by atoms with Crippen LogP contribution in [-0.2, 0) is 11.3 Å². The summed E-state index contributed by atoms with van der Waals surface area (Å²) in [4.78, 5) is 12.5. The first-order valence-electron chi connectivity index (χ1n) is 11.1. The second-order valence-electron chi connectivity index (χ2n) is 8.44. The molecule has 3 rings (SSSR count). The van der Waals surface area contributed by atoms with E-state index >= 15 is 0 Å². The summed E-state index contributed by atoms with van der Waals surface area (Å²) in [7, 11) is 0. The molecule has 1 atom stereocenters. The number of ether oxygens (including phenoxy) is 1. The quantitative estimate of drug-likeness (QED) is 0.291. The molecule has 0 fully saturated rings. The van der Waals surface area contributed by atoms with Gasteiger partial charge in [-0.2, -0.15) is 0 Å². The van der Waals surface area contributed by atoms with Gasteiger partial charge in [0.05, 0.1) is 5.75 Å². The molecule has 2 aromatic carbocycles. The van der Waals surface area contributed by atoms with Crippen molar-refractivity contribution < 1.29 is 9.53 Å². The maximum atomic E-state index is 12.5. The zero-order chi connectivity index (χ0) is 24.0. The van der Waals surface area contributed by atoms with E-state index in [-0.39, 0.29) is 17.8 Å². The predicted molar refractivity (Wildman–Crippen MR) is 135 cm³/mol. The molecule has 1 heterocycles. The Morgan fingerprint density at radius 3 is 2.39 bits per heavy atom. The van der Waals surface area contributed by atoms with Crippen LogP contribution in [0.2, 0.25) is 0 Å². The molecule has 0 radical (unpaired) electrons. The third-order valence-electron chi connectivity index (χ3n) is 5.12. The molecule has 0 saturated heterocycles. The van der Waals surface area contributed by atoms with E-state index in [4.69, 9.17) is 4.74 Å². The lowest BCUT2D eigenvalue weighted by Crippen LogP contribution is -2.15. The summed E-state index contributed by atoms with van der Waals surface area (Å²) in [5, 5.41) is 12.3. The van der Waals surface area contributed by atoms with Crippen LogP contribution in [0.15, 0.2) is 60.3 Å². The molecule has 0 bridgehead atoms. The topological polar surface area (TPSA) is 69.0 Å². The number of hydrogen-bond donors (Lipinski definition) is 1. The molecule has 1 aromatic heterocycles. The normalized spacial score (nSPS) is 11.9. The van der Waals surface area contributed by atoms with Crippen molar-refractivity contribution in [2.24, 2.45) is 0 Å². The highest BCUT2D eigenvalue weighted by Crippen LogP contribution is 2.26. The van der Waals surface area contributed by atoms with Gasteiger partial charge in [-0.25, -0.2) is 0 Å². The van der Waals surface area contributed by atoms with Gasteiger partial charge < -0.3 is 10.1 Å². The van der Waals surface area contributed by atoms with E-state index in [0.717, 1.165) is 22.6 Å². The van der Waals surface area contributed by atoms with E-state index in [1.165, 1.54) is 17.3 Å². The average molecular weight is 465 g/mol. The molecular formula is C26H32N4O2S. The number of amides is 1. The largest absolute Gasteiger partial charge is 0.483 e. The van der Waals surface area contributed by atoms with Crippen molar-refractivity contribution in [1.82, 2.24) is 14.8 Å². The first-order chi connectivity index (χ1) is 15.8. The molecule has 33 heavy (non-hydrogen) atoms. The van der Waals surface area contributed by atoms with E-state index < -0.39 is 0 Å². The predicted octanol–water partition coefficient (Wildman–Crippen LogP) is 6.08. The molecule has 0 aliphatic rings. The minimum absolute atomic E-state index is 0.0887. The summed E-state index contributed by atoms with van der Waals surface area (Å²) in [6.45, 7) is 14.7. The van der Waals surface area contributed by atoms with Gasteiger partial charge in [-0.1, -0.05) is 49.9 Å². The fraction of sp³-hybridized carbons (Fsp3) is 0.346. The van der Waals surface area contributed by atoms with E-state index in [9.17, 15) is 4.79 Å². The zero-order valence-corrected chi connectivity index (χ0v) is 20.8. The van der Waals surface area contributed by atoms with Crippen LogP contribution in [0.25, 0.3) is 0 Å². The third kappa shape index (κ3) is 6.71. The molecule has 0 aliphatic heterocycles. The van der Waals surface area contributed by atoms with Crippen LogP contribution in [0.3, 0.4) is 0 Å². The molecule has 174 valence electrons. The Balaban J connectivity index is 1.66. The van der Waals surface area contributed by atoms with Crippen LogP contribution < -0.4 is 10.1 Å². The van der Waals surface area contributed by atoms with Gasteiger partial charge in [0.15, 0.2) is 17.1 Å². The summed E-state index contributed by atoms with van der Waals surface area (Å²) in [5.74, 6) is 2.09. The second-order valence-corrected chi connectivity index (χ2v) is 9.38. The van der Waals surface area contributed by atoms with Gasteiger partial charge in [0.25, 0.3) is 0 Å². The number of thioether (sulfide) groups is 1. The van der Waals surface area contributed by atoms with E-state index in [0.29, 0.717) is 23.4 Å². The van der Waals surface area contributed by atoms with Gasteiger partial charge in [0.2, 0.25) is 5.91 Å². The number of nitrogens with zero attached hydrogens (tertiary/aromatic N) is 3. The number of rotatable bonds is 10. The van der Waals surface area contributed by atoms with Crippen LogP contribution in [0.5, 0.6) is 5.75 Å². The number of anilines is 1. The van der Waals surface area contributed by atoms with Gasteiger partial charge in [0, 0.05) is 12.2 Å². The van der Waals surface area contributed by atoms with Crippen LogP contribution in [0.4, 0.5) is 5.69 Å². The highest BCUT2D eigenvalue weighted by molar-refractivity contribution is 7.99. The van der Waals surface area contributed by atoms with Crippen molar-refractivity contribution in [2.75, 3.05) is 11.1 Å². The molecule has 0 spiro atoms. The van der Waals surface area contributed by atoms with Gasteiger partial charge in [-0.3, -0.25) is 9.36 Å². The first kappa shape index (κ1) is 24.6. The average Bonchev–Trinajstić information content (AvgIpc) is 3.15. The number of aromatic nitrogens is 3. The Morgan fingerprint density at radius 2 is 1.79 bits per heavy atom. The Kier molecular flexibility index (Phi) is 8.33. The standard InChI is InChI=1S/C26H32N4O2S/c1-7-12-30-25(20(6)32-23-10-8-21(9-11-23)17(2)3)28-29-26(30)33-16-24(31)27-22-14-18(4)13-19(5)15-22/h7-11,13-15,17,20H,1,12,16H2,2-6H3,(H,27,31). The van der Waals surface area contributed by atoms with E-state index in [1.54, 1.807) is 6.08 Å². The fourth-order valence-corrected chi connectivity index (χ4v) is 4.33. The minimum atomic E-state index is -0.305. The number of benzene rings is 2. The summed E-state index contributed by atoms with van der Waals surface area (Å²) < 4.78 is 8.06. The minimum Gasteiger partial charge on any atom is -0.483 e. The molecule has 1 N–H and O–H groups in total. The highest BCUT2D eigenvalue weighted by Gasteiger charge is 2.20. The Bertz CT molecular complexity index is 1090. The molecule has 1 unspecified atom stereocenters. The summed E-state index contributed by atoms with van der Waals surface area (Å²) in [6, 6.07) is 14.1. The number of aryl methyl sites for hydroxylation is 2. The van der Waals surface area contributed by atoms with Crippen LogP contribution in [0.1, 0.15) is 55.3 Å². The molecule has 7 heteroatoms. The van der Waals surface area contributed by atoms with Crippen LogP contribution in [-0.4, -0.2) is 26.4 Å². The molecule has 6 nitrogen and oxygen atoms in total. The third-order valence-corrected chi connectivity index (χ3v) is 6.08. The van der Waals surface area contributed by atoms with Crippen molar-refractivity contribution in [3.8, 4) is 5.75 Å². The zero-order valence-electron chi connectivity index (χ0n) is 20.0. The van der Waals surface area contributed by atoms with Crippen LogP contribution >= 0.6 is 11.8 Å². The van der Waals surface area contributed by atoms with Crippen molar-refractivity contribution in [1.29, 1.82) is 0 Å². The summed E-state index contributed by atoms with van der Waals surface area (Å²) in [6.07, 6.45) is 1.48. The Morgan fingerprint density at radius 1 is 1.12 bits per heavy atom. The summed E-state index contributed by atoms with van der Waals surface area (Å²) in [5.41, 5.74) is 4.29. The number of nitrogens with one attached hydrogen (secondary N) is 1. The number of carbonyl (C=O) groups is 1. The van der Waals surface area contributed by atoms with E-state index in [2.05, 4.69) is 54.1 Å². The van der Waals surface area contributed by atoms with Crippen molar-refractivity contribution >= 4 is 23.4 Å². The maximum absolute atomic E-state index is 12.5. The van der Waals surface area contributed by atoms with Gasteiger partial charge >= 0.3 is 0 Å². The lowest BCUT2D eigenvalue weighted by atomic mass is 10.0. The smallest absolute Gasteiger partial charge is 0.234 e. The van der Waals surface area contributed by atoms with Gasteiger partial charge in [0.1, 0.15) is 5.75 Å². The highest BCUT2D eigenvalue weighted by atomic mass is 32.2. The number of carbonyl (C=O) groups excluding carboxylic acids is 1. The van der Waals surface area contributed by atoms with Crippen molar-refractivity contribution in [3.05, 3.63) is 77.6 Å². The Hall–Kier alpha value is -3.06. The lowest BCUT2D eigenvalue weighted by molar-refractivity contribution is -0.113. The molecular weight excluding hydrogens is 432 g/mol. The molecule has 1 amide bonds. The van der Waals surface area contributed by atoms with Crippen molar-refractivity contribution in [2.45, 2.75) is 58.3 Å².